The van der Waals surface area contributed by atoms with Crippen LogP contribution >= 0.6 is 0 Å². The van der Waals surface area contributed by atoms with Crippen molar-refractivity contribution in [2.24, 2.45) is 0 Å². The highest BCUT2D eigenvalue weighted by atomic mass is 16.4. The maximum Gasteiger partial charge on any atom is 0.335 e. The molecule has 0 saturated heterocycles. The smallest absolute Gasteiger partial charge is 0.335 e. The van der Waals surface area contributed by atoms with E-state index in [1.807, 2.05) is 13.0 Å². The van der Waals surface area contributed by atoms with Gasteiger partial charge in [-0.1, -0.05) is 51.3 Å². The SMILES string of the molecule is CCC/C=C(\C=C\CCCC)C(=O)O. The van der Waals surface area contributed by atoms with Crippen LogP contribution in [0, 0.1) is 0 Å². The number of carboxylic acids is 1. The third-order valence-electron chi connectivity index (χ3n) is 1.92. The lowest BCUT2D eigenvalue weighted by Crippen LogP contribution is -1.97. The Morgan fingerprint density at radius 2 is 1.93 bits per heavy atom. The lowest BCUT2D eigenvalue weighted by atomic mass is 10.1. The third-order valence-corrected chi connectivity index (χ3v) is 1.92. The van der Waals surface area contributed by atoms with E-state index in [9.17, 15) is 4.79 Å². The number of hydrogen-bond donors (Lipinski definition) is 1. The van der Waals surface area contributed by atoms with Crippen LogP contribution in [-0.4, -0.2) is 11.1 Å². The molecule has 0 unspecified atom stereocenters. The minimum Gasteiger partial charge on any atom is -0.478 e. The van der Waals surface area contributed by atoms with Crippen molar-refractivity contribution in [1.29, 1.82) is 0 Å². The predicted molar refractivity (Wildman–Crippen MR) is 59.3 cm³/mol. The molecule has 1 N–H and O–H groups in total. The molecule has 0 amide bonds. The molecule has 0 aliphatic heterocycles. The van der Waals surface area contributed by atoms with E-state index in [2.05, 4.69) is 6.92 Å². The summed E-state index contributed by atoms with van der Waals surface area (Å²) in [5.41, 5.74) is 0.419. The fourth-order valence-corrected chi connectivity index (χ4v) is 1.06. The zero-order valence-corrected chi connectivity index (χ0v) is 9.12. The summed E-state index contributed by atoms with van der Waals surface area (Å²) in [6.45, 7) is 4.16. The lowest BCUT2D eigenvalue weighted by molar-refractivity contribution is -0.132. The molecule has 0 rings (SSSR count). The summed E-state index contributed by atoms with van der Waals surface area (Å²) in [4.78, 5) is 10.7. The number of carboxylic acid groups (broad SMARTS) is 1. The standard InChI is InChI=1S/C12H20O2/c1-3-5-7-8-10-11(12(13)14)9-6-4-2/h8-10H,3-7H2,1-2H3,(H,13,14)/b10-8+,11-9+. The van der Waals surface area contributed by atoms with Gasteiger partial charge >= 0.3 is 5.97 Å². The summed E-state index contributed by atoms with van der Waals surface area (Å²) < 4.78 is 0. The van der Waals surface area contributed by atoms with Gasteiger partial charge in [0, 0.05) is 0 Å². The second-order valence-electron chi connectivity index (χ2n) is 3.30. The normalized spacial score (nSPS) is 12.3. The third kappa shape index (κ3) is 6.46. The Balaban J connectivity index is 4.09. The highest BCUT2D eigenvalue weighted by molar-refractivity contribution is 5.89. The van der Waals surface area contributed by atoms with Gasteiger partial charge in [-0.3, -0.25) is 0 Å². The molecule has 0 radical (unpaired) electrons. The molecule has 0 heterocycles. The Hall–Kier alpha value is -1.05. The van der Waals surface area contributed by atoms with Crippen LogP contribution in [0.3, 0.4) is 0 Å². The second kappa shape index (κ2) is 8.54. The van der Waals surface area contributed by atoms with Gasteiger partial charge in [-0.2, -0.15) is 0 Å². The quantitative estimate of drug-likeness (QED) is 0.384. The first-order valence-electron chi connectivity index (χ1n) is 5.32. The molecule has 0 saturated carbocycles. The molecule has 0 aromatic heterocycles. The Morgan fingerprint density at radius 3 is 2.43 bits per heavy atom. The predicted octanol–water partition coefficient (Wildman–Crippen LogP) is 3.54. The van der Waals surface area contributed by atoms with E-state index in [4.69, 9.17) is 5.11 Å². The molecular formula is C12H20O2. The molecule has 2 heteroatoms. The van der Waals surface area contributed by atoms with Crippen LogP contribution in [-0.2, 0) is 4.79 Å². The lowest BCUT2D eigenvalue weighted by Gasteiger charge is -1.94. The molecule has 2 nitrogen and oxygen atoms in total. The molecule has 0 aromatic rings. The van der Waals surface area contributed by atoms with Gasteiger partial charge in [0.25, 0.3) is 0 Å². The number of carbonyl (C=O) groups is 1. The average Bonchev–Trinajstić information content (AvgIpc) is 2.16. The number of allylic oxidation sites excluding steroid dienone is 2. The second-order valence-corrected chi connectivity index (χ2v) is 3.30. The van der Waals surface area contributed by atoms with Crippen molar-refractivity contribution in [1.82, 2.24) is 0 Å². The Bertz CT molecular complexity index is 214. The van der Waals surface area contributed by atoms with Crippen LogP contribution in [0.25, 0.3) is 0 Å². The summed E-state index contributed by atoms with van der Waals surface area (Å²) in [6.07, 6.45) is 10.5. The van der Waals surface area contributed by atoms with Crippen LogP contribution in [0.1, 0.15) is 46.0 Å². The maximum atomic E-state index is 10.7. The fourth-order valence-electron chi connectivity index (χ4n) is 1.06. The van der Waals surface area contributed by atoms with E-state index in [0.29, 0.717) is 5.57 Å². The van der Waals surface area contributed by atoms with E-state index in [1.165, 1.54) is 0 Å². The molecule has 0 aromatic carbocycles. The van der Waals surface area contributed by atoms with E-state index >= 15 is 0 Å². The number of hydrogen-bond acceptors (Lipinski definition) is 1. The summed E-state index contributed by atoms with van der Waals surface area (Å²) in [7, 11) is 0. The Morgan fingerprint density at radius 1 is 1.21 bits per heavy atom. The molecule has 0 spiro atoms. The maximum absolute atomic E-state index is 10.7. The van der Waals surface area contributed by atoms with Gasteiger partial charge in [0.2, 0.25) is 0 Å². The van der Waals surface area contributed by atoms with Crippen molar-refractivity contribution < 1.29 is 9.90 Å². The number of unbranched alkanes of at least 4 members (excludes halogenated alkanes) is 3. The van der Waals surface area contributed by atoms with Gasteiger partial charge in [0.05, 0.1) is 5.57 Å². The zero-order valence-electron chi connectivity index (χ0n) is 9.12. The Labute approximate surface area is 86.3 Å². The summed E-state index contributed by atoms with van der Waals surface area (Å²) in [5.74, 6) is -0.828. The van der Waals surface area contributed by atoms with E-state index in [1.54, 1.807) is 12.2 Å². The van der Waals surface area contributed by atoms with Crippen LogP contribution < -0.4 is 0 Å². The van der Waals surface area contributed by atoms with E-state index in [0.717, 1.165) is 32.1 Å². The molecule has 0 aliphatic rings. The first-order chi connectivity index (χ1) is 6.72. The summed E-state index contributed by atoms with van der Waals surface area (Å²) in [5, 5.41) is 8.84. The first kappa shape index (κ1) is 12.9. The van der Waals surface area contributed by atoms with Gasteiger partial charge in [-0.15, -0.1) is 0 Å². The largest absolute Gasteiger partial charge is 0.478 e. The van der Waals surface area contributed by atoms with Gasteiger partial charge in [0.15, 0.2) is 0 Å². The van der Waals surface area contributed by atoms with Crippen molar-refractivity contribution in [3.8, 4) is 0 Å². The van der Waals surface area contributed by atoms with Crippen LogP contribution in [0.2, 0.25) is 0 Å². The van der Waals surface area contributed by atoms with Crippen LogP contribution in [0.4, 0.5) is 0 Å². The van der Waals surface area contributed by atoms with Gasteiger partial charge in [-0.05, 0) is 12.8 Å². The van der Waals surface area contributed by atoms with Crippen LogP contribution in [0.5, 0.6) is 0 Å². The highest BCUT2D eigenvalue weighted by Crippen LogP contribution is 2.04. The molecule has 0 atom stereocenters. The number of aliphatic carboxylic acids is 1. The molecule has 80 valence electrons. The van der Waals surface area contributed by atoms with Crippen molar-refractivity contribution in [2.45, 2.75) is 46.0 Å². The minimum absolute atomic E-state index is 0.419. The topological polar surface area (TPSA) is 37.3 Å². The van der Waals surface area contributed by atoms with Crippen molar-refractivity contribution in [2.75, 3.05) is 0 Å². The van der Waals surface area contributed by atoms with Crippen molar-refractivity contribution >= 4 is 5.97 Å². The fraction of sp³-hybridized carbons (Fsp3) is 0.583. The summed E-state index contributed by atoms with van der Waals surface area (Å²) in [6, 6.07) is 0. The average molecular weight is 196 g/mol. The van der Waals surface area contributed by atoms with Crippen LogP contribution in [0.15, 0.2) is 23.8 Å². The van der Waals surface area contributed by atoms with Crippen molar-refractivity contribution in [3.63, 3.8) is 0 Å². The molecule has 0 aliphatic carbocycles. The van der Waals surface area contributed by atoms with E-state index in [-0.39, 0.29) is 0 Å². The highest BCUT2D eigenvalue weighted by Gasteiger charge is 2.00. The van der Waals surface area contributed by atoms with Crippen molar-refractivity contribution in [3.05, 3.63) is 23.8 Å². The molecule has 0 fully saturated rings. The molecule has 0 bridgehead atoms. The van der Waals surface area contributed by atoms with Gasteiger partial charge in [0.1, 0.15) is 0 Å². The van der Waals surface area contributed by atoms with Gasteiger partial charge in [-0.25, -0.2) is 4.79 Å². The van der Waals surface area contributed by atoms with Gasteiger partial charge < -0.3 is 5.11 Å². The molecule has 14 heavy (non-hydrogen) atoms. The summed E-state index contributed by atoms with van der Waals surface area (Å²) >= 11 is 0. The first-order valence-corrected chi connectivity index (χ1v) is 5.32. The monoisotopic (exact) mass is 196 g/mol. The number of rotatable bonds is 7. The Kier molecular flexibility index (Phi) is 7.90. The zero-order chi connectivity index (χ0) is 10.8. The minimum atomic E-state index is -0.828. The molecular weight excluding hydrogens is 176 g/mol. The van der Waals surface area contributed by atoms with E-state index < -0.39 is 5.97 Å².